The van der Waals surface area contributed by atoms with Crippen LogP contribution in [-0.2, 0) is 12.8 Å². The van der Waals surface area contributed by atoms with Crippen LogP contribution in [0.4, 0.5) is 0 Å². The molecule has 3 rings (SSSR count). The molecule has 0 amide bonds. The molecule has 2 aliphatic rings. The summed E-state index contributed by atoms with van der Waals surface area (Å²) in [7, 11) is 0. The minimum Gasteiger partial charge on any atom is -0.250 e. The number of rotatable bonds is 1. The van der Waals surface area contributed by atoms with Gasteiger partial charge in [0, 0.05) is 5.56 Å². The number of nitrogens with zero attached hydrogens (tertiary/aromatic N) is 2. The largest absolute Gasteiger partial charge is 0.250 e. The molecule has 0 atom stereocenters. The monoisotopic (exact) mass is 224 g/mol. The minimum atomic E-state index is 0.586. The molecule has 0 N–H and O–H groups in total. The van der Waals surface area contributed by atoms with E-state index in [4.69, 9.17) is 16.7 Å². The predicted octanol–water partition coefficient (Wildman–Crippen LogP) is 3.53. The van der Waals surface area contributed by atoms with Crippen molar-refractivity contribution >= 4 is 11.6 Å². The van der Waals surface area contributed by atoms with Crippen LogP contribution in [0.3, 0.4) is 0 Å². The Morgan fingerprint density at radius 2 is 1.80 bits per heavy atom. The Hall–Kier alpha value is -0.500. The molecular formula is C12H17ClN2. The standard InChI is InChI=1S/C12H17ClN2/c13-12-10-7-3-4-8-11(10)14-15(12)9-5-1-2-6-9/h9H,1-8H2. The van der Waals surface area contributed by atoms with Crippen molar-refractivity contribution in [3.05, 3.63) is 16.4 Å². The molecule has 3 heteroatoms. The molecule has 1 aromatic rings. The third kappa shape index (κ3) is 1.59. The molecule has 0 spiro atoms. The van der Waals surface area contributed by atoms with Gasteiger partial charge in [0.05, 0.1) is 11.7 Å². The molecule has 1 aromatic heterocycles. The van der Waals surface area contributed by atoms with Gasteiger partial charge in [-0.1, -0.05) is 24.4 Å². The molecule has 0 aromatic carbocycles. The van der Waals surface area contributed by atoms with Gasteiger partial charge in [-0.05, 0) is 38.5 Å². The maximum atomic E-state index is 6.42. The van der Waals surface area contributed by atoms with Crippen LogP contribution in [0.5, 0.6) is 0 Å². The van der Waals surface area contributed by atoms with Crippen molar-refractivity contribution in [1.82, 2.24) is 9.78 Å². The molecule has 15 heavy (non-hydrogen) atoms. The van der Waals surface area contributed by atoms with Gasteiger partial charge < -0.3 is 0 Å². The summed E-state index contributed by atoms with van der Waals surface area (Å²) in [6.45, 7) is 0. The zero-order valence-corrected chi connectivity index (χ0v) is 9.76. The second-order valence-electron chi connectivity index (χ2n) is 4.81. The number of hydrogen-bond acceptors (Lipinski definition) is 1. The maximum Gasteiger partial charge on any atom is 0.130 e. The molecule has 0 aliphatic heterocycles. The van der Waals surface area contributed by atoms with Crippen LogP contribution in [-0.4, -0.2) is 9.78 Å². The van der Waals surface area contributed by atoms with E-state index < -0.39 is 0 Å². The minimum absolute atomic E-state index is 0.586. The zero-order valence-electron chi connectivity index (χ0n) is 9.01. The molecule has 82 valence electrons. The Bertz CT molecular complexity index is 364. The van der Waals surface area contributed by atoms with E-state index in [2.05, 4.69) is 4.68 Å². The first-order valence-electron chi connectivity index (χ1n) is 6.12. The third-order valence-corrected chi connectivity index (χ3v) is 4.19. The van der Waals surface area contributed by atoms with Crippen molar-refractivity contribution in [3.63, 3.8) is 0 Å². The number of aryl methyl sites for hydroxylation is 1. The normalized spacial score (nSPS) is 21.9. The topological polar surface area (TPSA) is 17.8 Å². The Kier molecular flexibility index (Phi) is 2.47. The molecule has 0 saturated heterocycles. The Balaban J connectivity index is 1.97. The summed E-state index contributed by atoms with van der Waals surface area (Å²) >= 11 is 6.42. The van der Waals surface area contributed by atoms with Gasteiger partial charge in [-0.15, -0.1) is 0 Å². The van der Waals surface area contributed by atoms with Gasteiger partial charge >= 0.3 is 0 Å². The first-order valence-corrected chi connectivity index (χ1v) is 6.50. The number of halogens is 1. The molecule has 1 heterocycles. The lowest BCUT2D eigenvalue weighted by atomic mass is 9.98. The van der Waals surface area contributed by atoms with E-state index >= 15 is 0 Å². The van der Waals surface area contributed by atoms with E-state index in [1.165, 1.54) is 49.8 Å². The van der Waals surface area contributed by atoms with E-state index in [1.54, 1.807) is 0 Å². The predicted molar refractivity (Wildman–Crippen MR) is 61.4 cm³/mol. The Morgan fingerprint density at radius 1 is 1.07 bits per heavy atom. The van der Waals surface area contributed by atoms with Gasteiger partial charge in [-0.3, -0.25) is 4.68 Å². The zero-order chi connectivity index (χ0) is 10.3. The van der Waals surface area contributed by atoms with E-state index in [9.17, 15) is 0 Å². The van der Waals surface area contributed by atoms with Crippen LogP contribution >= 0.6 is 11.6 Å². The van der Waals surface area contributed by atoms with Crippen molar-refractivity contribution in [2.45, 2.75) is 57.4 Å². The fourth-order valence-corrected chi connectivity index (χ4v) is 3.30. The lowest BCUT2D eigenvalue weighted by Crippen LogP contribution is -2.06. The summed E-state index contributed by atoms with van der Waals surface area (Å²) in [5.41, 5.74) is 2.62. The second-order valence-corrected chi connectivity index (χ2v) is 5.16. The average molecular weight is 225 g/mol. The van der Waals surface area contributed by atoms with Gasteiger partial charge in [0.1, 0.15) is 5.15 Å². The number of aromatic nitrogens is 2. The van der Waals surface area contributed by atoms with Crippen molar-refractivity contribution in [1.29, 1.82) is 0 Å². The lowest BCUT2D eigenvalue weighted by molar-refractivity contribution is 0.463. The highest BCUT2D eigenvalue weighted by molar-refractivity contribution is 6.30. The highest BCUT2D eigenvalue weighted by Crippen LogP contribution is 2.35. The fraction of sp³-hybridized carbons (Fsp3) is 0.750. The summed E-state index contributed by atoms with van der Waals surface area (Å²) in [6.07, 6.45) is 10.0. The van der Waals surface area contributed by atoms with Crippen molar-refractivity contribution in [2.75, 3.05) is 0 Å². The highest BCUT2D eigenvalue weighted by atomic mass is 35.5. The van der Waals surface area contributed by atoms with E-state index in [0.29, 0.717) is 6.04 Å². The fourth-order valence-electron chi connectivity index (χ4n) is 2.92. The number of hydrogen-bond donors (Lipinski definition) is 0. The van der Waals surface area contributed by atoms with Crippen LogP contribution in [0.25, 0.3) is 0 Å². The molecule has 0 bridgehead atoms. The Morgan fingerprint density at radius 3 is 2.53 bits per heavy atom. The molecule has 1 saturated carbocycles. The molecule has 0 radical (unpaired) electrons. The van der Waals surface area contributed by atoms with Crippen molar-refractivity contribution < 1.29 is 0 Å². The van der Waals surface area contributed by atoms with E-state index in [1.807, 2.05) is 0 Å². The molecule has 1 fully saturated rings. The number of fused-ring (bicyclic) bond motifs is 1. The summed E-state index contributed by atoms with van der Waals surface area (Å²) in [5.74, 6) is 0. The van der Waals surface area contributed by atoms with Crippen LogP contribution in [0.15, 0.2) is 0 Å². The molecule has 0 unspecified atom stereocenters. The smallest absolute Gasteiger partial charge is 0.130 e. The quantitative estimate of drug-likeness (QED) is 0.714. The van der Waals surface area contributed by atoms with Crippen molar-refractivity contribution in [2.24, 2.45) is 0 Å². The first kappa shape index (κ1) is 9.71. The first-order chi connectivity index (χ1) is 7.36. The molecular weight excluding hydrogens is 208 g/mol. The maximum absolute atomic E-state index is 6.42. The molecule has 2 nitrogen and oxygen atoms in total. The Labute approximate surface area is 95.6 Å². The molecule has 2 aliphatic carbocycles. The summed E-state index contributed by atoms with van der Waals surface area (Å²) < 4.78 is 2.12. The van der Waals surface area contributed by atoms with Crippen LogP contribution in [0.1, 0.15) is 55.8 Å². The lowest BCUT2D eigenvalue weighted by Gasteiger charge is -2.11. The van der Waals surface area contributed by atoms with E-state index in [-0.39, 0.29) is 0 Å². The van der Waals surface area contributed by atoms with Gasteiger partial charge in [-0.25, -0.2) is 0 Å². The highest BCUT2D eigenvalue weighted by Gasteiger charge is 2.25. The van der Waals surface area contributed by atoms with Gasteiger partial charge in [0.25, 0.3) is 0 Å². The SMILES string of the molecule is Clc1c2c(nn1C1CCCC1)CCCC2. The summed E-state index contributed by atoms with van der Waals surface area (Å²) in [6, 6.07) is 0.586. The second kappa shape index (κ2) is 3.82. The van der Waals surface area contributed by atoms with Crippen LogP contribution in [0.2, 0.25) is 5.15 Å². The van der Waals surface area contributed by atoms with Gasteiger partial charge in [0.15, 0.2) is 0 Å². The summed E-state index contributed by atoms with van der Waals surface area (Å²) in [4.78, 5) is 0. The average Bonchev–Trinajstić information content (AvgIpc) is 2.87. The van der Waals surface area contributed by atoms with Gasteiger partial charge in [-0.2, -0.15) is 5.10 Å². The summed E-state index contributed by atoms with van der Waals surface area (Å²) in [5, 5.41) is 5.66. The van der Waals surface area contributed by atoms with Crippen LogP contribution in [0, 0.1) is 0 Å². The van der Waals surface area contributed by atoms with E-state index in [0.717, 1.165) is 18.0 Å². The van der Waals surface area contributed by atoms with Crippen molar-refractivity contribution in [3.8, 4) is 0 Å². The van der Waals surface area contributed by atoms with Crippen LogP contribution < -0.4 is 0 Å². The van der Waals surface area contributed by atoms with Gasteiger partial charge in [0.2, 0.25) is 0 Å². The third-order valence-electron chi connectivity index (χ3n) is 3.79.